The van der Waals surface area contributed by atoms with E-state index in [-0.39, 0.29) is 18.2 Å². The molecule has 1 amide bonds. The van der Waals surface area contributed by atoms with E-state index < -0.39 is 26.4 Å². The second-order valence-electron chi connectivity index (χ2n) is 6.00. The van der Waals surface area contributed by atoms with Crippen LogP contribution < -0.4 is 4.74 Å². The van der Waals surface area contributed by atoms with E-state index in [1.54, 1.807) is 12.1 Å². The zero-order valence-electron chi connectivity index (χ0n) is 14.2. The first-order valence-corrected chi connectivity index (χ1v) is 9.79. The number of likely N-dealkylation sites (tertiary alicyclic amines) is 1. The van der Waals surface area contributed by atoms with Crippen molar-refractivity contribution in [1.82, 2.24) is 15.1 Å². The van der Waals surface area contributed by atoms with E-state index in [0.717, 1.165) is 6.07 Å². The average Bonchev–Trinajstić information content (AvgIpc) is 2.68. The highest BCUT2D eigenvalue weighted by atomic mass is 32.2. The lowest BCUT2D eigenvalue weighted by Crippen LogP contribution is -2.44. The summed E-state index contributed by atoms with van der Waals surface area (Å²) < 4.78 is 55.4. The Morgan fingerprint density at radius 1 is 1.22 bits per heavy atom. The number of nitrogens with zero attached hydrogens (tertiary/aromatic N) is 3. The van der Waals surface area contributed by atoms with Crippen molar-refractivity contribution in [3.05, 3.63) is 48.2 Å². The topological polar surface area (TPSA) is 89.5 Å². The van der Waals surface area contributed by atoms with E-state index in [2.05, 4.69) is 10.2 Å². The summed E-state index contributed by atoms with van der Waals surface area (Å²) in [5.74, 6) is -3.90. The molecule has 10 heteroatoms. The molecule has 7 nitrogen and oxygen atoms in total. The van der Waals surface area contributed by atoms with Gasteiger partial charge in [0.05, 0.1) is 17.0 Å². The Kier molecular flexibility index (Phi) is 5.64. The monoisotopic (exact) mass is 397 g/mol. The summed E-state index contributed by atoms with van der Waals surface area (Å²) in [6.07, 6.45) is 2.46. The van der Waals surface area contributed by atoms with E-state index in [1.165, 1.54) is 29.3 Å². The van der Waals surface area contributed by atoms with Crippen molar-refractivity contribution in [3.63, 3.8) is 0 Å². The molecule has 2 aromatic rings. The minimum Gasteiger partial charge on any atom is -0.471 e. The van der Waals surface area contributed by atoms with Gasteiger partial charge in [0.2, 0.25) is 15.7 Å². The fraction of sp³-hybridized carbons (Fsp3) is 0.353. The van der Waals surface area contributed by atoms with Crippen molar-refractivity contribution in [1.29, 1.82) is 0 Å². The predicted octanol–water partition coefficient (Wildman–Crippen LogP) is 2.16. The molecule has 0 saturated carbocycles. The smallest absolute Gasteiger partial charge is 0.341 e. The fourth-order valence-electron chi connectivity index (χ4n) is 2.90. The van der Waals surface area contributed by atoms with E-state index in [4.69, 9.17) is 4.74 Å². The van der Waals surface area contributed by atoms with Crippen molar-refractivity contribution >= 4 is 15.7 Å². The minimum absolute atomic E-state index is 0.193. The molecule has 1 aliphatic rings. The zero-order valence-corrected chi connectivity index (χ0v) is 15.0. The maximum absolute atomic E-state index is 12.9. The van der Waals surface area contributed by atoms with Gasteiger partial charge < -0.3 is 9.64 Å². The summed E-state index contributed by atoms with van der Waals surface area (Å²) in [6, 6.07) is 8.31. The summed E-state index contributed by atoms with van der Waals surface area (Å²) >= 11 is 0. The molecule has 2 heterocycles. The highest BCUT2D eigenvalue weighted by molar-refractivity contribution is 7.91. The Bertz CT molecular complexity index is 909. The highest BCUT2D eigenvalue weighted by Gasteiger charge is 2.33. The van der Waals surface area contributed by atoms with Gasteiger partial charge in [-0.2, -0.15) is 13.9 Å². The second-order valence-corrected chi connectivity index (χ2v) is 7.88. The number of amides is 1. The van der Waals surface area contributed by atoms with Crippen LogP contribution in [0.25, 0.3) is 0 Å². The summed E-state index contributed by atoms with van der Waals surface area (Å²) in [4.78, 5) is 13.6. The van der Waals surface area contributed by atoms with Gasteiger partial charge in [0.15, 0.2) is 0 Å². The number of alkyl halides is 2. The van der Waals surface area contributed by atoms with Crippen LogP contribution in [0.4, 0.5) is 8.78 Å². The summed E-state index contributed by atoms with van der Waals surface area (Å²) in [5, 5.41) is 7.54. The van der Waals surface area contributed by atoms with Crippen LogP contribution in [-0.2, 0) is 9.84 Å². The maximum Gasteiger partial charge on any atom is 0.341 e. The van der Waals surface area contributed by atoms with Crippen LogP contribution in [0.1, 0.15) is 23.2 Å². The summed E-state index contributed by atoms with van der Waals surface area (Å²) in [7, 11) is -4.88. The number of carbonyl (C=O) groups excluding carboxylic acids is 1. The van der Waals surface area contributed by atoms with Gasteiger partial charge in [0, 0.05) is 18.8 Å². The van der Waals surface area contributed by atoms with Gasteiger partial charge in [-0.05, 0) is 31.0 Å². The highest BCUT2D eigenvalue weighted by Crippen LogP contribution is 2.25. The molecule has 1 fully saturated rings. The van der Waals surface area contributed by atoms with Gasteiger partial charge in [0.1, 0.15) is 6.10 Å². The molecule has 0 radical (unpaired) electrons. The number of sulfone groups is 1. The number of halogens is 2. The number of hydrogen-bond donors (Lipinski definition) is 0. The van der Waals surface area contributed by atoms with Crippen molar-refractivity contribution < 1.29 is 26.7 Å². The molecular weight excluding hydrogens is 380 g/mol. The number of hydrogen-bond acceptors (Lipinski definition) is 6. The molecule has 0 bridgehead atoms. The van der Waals surface area contributed by atoms with E-state index in [0.29, 0.717) is 25.3 Å². The molecular formula is C17H17F2N3O4S. The van der Waals surface area contributed by atoms with Crippen LogP contribution in [0, 0.1) is 0 Å². The second kappa shape index (κ2) is 7.95. The Morgan fingerprint density at radius 2 is 2.00 bits per heavy atom. The third kappa shape index (κ3) is 4.21. The third-order valence-electron chi connectivity index (χ3n) is 4.16. The van der Waals surface area contributed by atoms with Crippen molar-refractivity contribution in [2.24, 2.45) is 0 Å². The molecule has 0 aliphatic carbocycles. The third-order valence-corrected chi connectivity index (χ3v) is 5.60. The largest absolute Gasteiger partial charge is 0.471 e. The first kappa shape index (κ1) is 19.2. The van der Waals surface area contributed by atoms with Crippen LogP contribution in [-0.4, -0.2) is 54.4 Å². The van der Waals surface area contributed by atoms with Gasteiger partial charge in [-0.1, -0.05) is 12.1 Å². The van der Waals surface area contributed by atoms with Crippen LogP contribution >= 0.6 is 0 Å². The normalized spacial score (nSPS) is 17.7. The molecule has 0 N–H and O–H groups in total. The quantitative estimate of drug-likeness (QED) is 0.768. The van der Waals surface area contributed by atoms with E-state index >= 15 is 0 Å². The standard InChI is InChI=1S/C17H17F2N3O4S/c18-17(19)27(24,25)14-7-2-1-6-13(14)16(23)22-10-4-5-12(11-22)26-15-8-3-9-20-21-15/h1-3,6-9,12,17H,4-5,10-11H2. The predicted molar refractivity (Wildman–Crippen MR) is 91.2 cm³/mol. The summed E-state index contributed by atoms with van der Waals surface area (Å²) in [5.41, 5.74) is -0.266. The number of piperidine rings is 1. The van der Waals surface area contributed by atoms with Crippen molar-refractivity contribution in [2.45, 2.75) is 29.6 Å². The molecule has 1 atom stereocenters. The number of aromatic nitrogens is 2. The lowest BCUT2D eigenvalue weighted by atomic mass is 10.1. The average molecular weight is 397 g/mol. The van der Waals surface area contributed by atoms with Crippen LogP contribution in [0.5, 0.6) is 5.88 Å². The molecule has 1 saturated heterocycles. The first-order valence-electron chi connectivity index (χ1n) is 8.24. The minimum atomic E-state index is -4.88. The first-order chi connectivity index (χ1) is 12.9. The van der Waals surface area contributed by atoms with Gasteiger partial charge in [0.25, 0.3) is 5.91 Å². The van der Waals surface area contributed by atoms with Gasteiger partial charge in [-0.25, -0.2) is 8.42 Å². The number of ether oxygens (including phenoxy) is 1. The van der Waals surface area contributed by atoms with Crippen LogP contribution in [0.3, 0.4) is 0 Å². The van der Waals surface area contributed by atoms with Gasteiger partial charge in [-0.15, -0.1) is 5.10 Å². The Hall–Kier alpha value is -2.62. The van der Waals surface area contributed by atoms with Crippen molar-refractivity contribution in [2.75, 3.05) is 13.1 Å². The maximum atomic E-state index is 12.9. The SMILES string of the molecule is O=C(c1ccccc1S(=O)(=O)C(F)F)N1CCCC(Oc2cccnn2)C1. The van der Waals surface area contributed by atoms with Crippen LogP contribution in [0.15, 0.2) is 47.5 Å². The van der Waals surface area contributed by atoms with E-state index in [9.17, 15) is 22.0 Å². The van der Waals surface area contributed by atoms with Gasteiger partial charge >= 0.3 is 5.76 Å². The van der Waals surface area contributed by atoms with Gasteiger partial charge in [-0.3, -0.25) is 4.79 Å². The molecule has 144 valence electrons. The molecule has 1 aromatic carbocycles. The lowest BCUT2D eigenvalue weighted by Gasteiger charge is -2.32. The van der Waals surface area contributed by atoms with E-state index in [1.807, 2.05) is 0 Å². The number of benzene rings is 1. The lowest BCUT2D eigenvalue weighted by molar-refractivity contribution is 0.0522. The molecule has 1 aliphatic heterocycles. The molecule has 3 rings (SSSR count). The Labute approximate surface area is 154 Å². The number of carbonyl (C=O) groups is 1. The van der Waals surface area contributed by atoms with Crippen molar-refractivity contribution in [3.8, 4) is 5.88 Å². The summed E-state index contributed by atoms with van der Waals surface area (Å²) in [6.45, 7) is 0.570. The Morgan fingerprint density at radius 3 is 2.70 bits per heavy atom. The number of rotatable bonds is 5. The fourth-order valence-corrected chi connectivity index (χ4v) is 3.82. The zero-order chi connectivity index (χ0) is 19.4. The molecule has 0 spiro atoms. The Balaban J connectivity index is 1.80. The molecule has 1 unspecified atom stereocenters. The van der Waals surface area contributed by atoms with Crippen LogP contribution in [0.2, 0.25) is 0 Å². The molecule has 27 heavy (non-hydrogen) atoms. The molecule has 1 aromatic heterocycles.